The molecule has 1 aliphatic rings. The van der Waals surface area contributed by atoms with Gasteiger partial charge >= 0.3 is 24.3 Å². The second-order valence-corrected chi connectivity index (χ2v) is 7.75. The Balaban J connectivity index is 3.03. The zero-order valence-corrected chi connectivity index (χ0v) is 19.5. The first-order valence-electron chi connectivity index (χ1n) is 10.5. The van der Waals surface area contributed by atoms with Crippen LogP contribution >= 0.6 is 0 Å². The standard InChI is InChI=1S/C21H25F6NO8/c1-5-35-16(29)14-13(10-7-8-11(33-3)12(9-10)34-4)15(17(30)36-6-2)19(32,21(25,26)27)28-18(14,31)20(22,23)24/h7-9,13-15,28,31-32H,5-6H2,1-4H3/t13?,14-,15-,18-,19+/m1/s1. The fourth-order valence-corrected chi connectivity index (χ4v) is 4.20. The van der Waals surface area contributed by atoms with Crippen molar-refractivity contribution in [1.82, 2.24) is 5.32 Å². The summed E-state index contributed by atoms with van der Waals surface area (Å²) >= 11 is 0. The van der Waals surface area contributed by atoms with Crippen molar-refractivity contribution in [3.8, 4) is 11.5 Å². The van der Waals surface area contributed by atoms with Crippen LogP contribution in [-0.4, -0.2) is 73.4 Å². The summed E-state index contributed by atoms with van der Waals surface area (Å²) in [6.07, 6.45) is -11.9. The second kappa shape index (κ2) is 10.3. The normalized spacial score (nSPS) is 28.8. The van der Waals surface area contributed by atoms with E-state index in [0.29, 0.717) is 0 Å². The monoisotopic (exact) mass is 533 g/mol. The molecule has 0 radical (unpaired) electrons. The van der Waals surface area contributed by atoms with E-state index in [2.05, 4.69) is 9.47 Å². The van der Waals surface area contributed by atoms with Crippen LogP contribution in [0.15, 0.2) is 18.2 Å². The minimum Gasteiger partial charge on any atom is -0.493 e. The molecule has 0 amide bonds. The first kappa shape index (κ1) is 29.5. The number of rotatable bonds is 7. The average Bonchev–Trinajstić information content (AvgIpc) is 2.76. The average molecular weight is 533 g/mol. The van der Waals surface area contributed by atoms with Crippen LogP contribution in [0.25, 0.3) is 0 Å². The summed E-state index contributed by atoms with van der Waals surface area (Å²) in [6.45, 7) is 1.38. The van der Waals surface area contributed by atoms with Gasteiger partial charge in [-0.15, -0.1) is 0 Å². The fraction of sp³-hybridized carbons (Fsp3) is 0.619. The minimum absolute atomic E-state index is 0.00715. The van der Waals surface area contributed by atoms with E-state index in [1.54, 1.807) is 0 Å². The number of benzene rings is 1. The highest BCUT2D eigenvalue weighted by atomic mass is 19.4. The van der Waals surface area contributed by atoms with Gasteiger partial charge in [0.25, 0.3) is 0 Å². The minimum atomic E-state index is -5.97. The molecule has 1 saturated heterocycles. The van der Waals surface area contributed by atoms with Crippen molar-refractivity contribution >= 4 is 11.9 Å². The van der Waals surface area contributed by atoms with Crippen molar-refractivity contribution in [1.29, 1.82) is 0 Å². The van der Waals surface area contributed by atoms with Gasteiger partial charge in [-0.1, -0.05) is 6.07 Å². The van der Waals surface area contributed by atoms with Gasteiger partial charge in [0.1, 0.15) is 11.8 Å². The Bertz CT molecular complexity index is 923. The number of alkyl halides is 6. The first-order valence-corrected chi connectivity index (χ1v) is 10.5. The first-order chi connectivity index (χ1) is 16.5. The number of aliphatic hydroxyl groups is 2. The lowest BCUT2D eigenvalue weighted by atomic mass is 9.64. The predicted molar refractivity (Wildman–Crippen MR) is 108 cm³/mol. The van der Waals surface area contributed by atoms with E-state index in [4.69, 9.17) is 9.47 Å². The van der Waals surface area contributed by atoms with Crippen molar-refractivity contribution < 1.29 is 65.1 Å². The highest BCUT2D eigenvalue weighted by Gasteiger charge is 2.78. The van der Waals surface area contributed by atoms with Crippen molar-refractivity contribution in [3.05, 3.63) is 23.8 Å². The van der Waals surface area contributed by atoms with Gasteiger partial charge in [-0.2, -0.15) is 26.3 Å². The Morgan fingerprint density at radius 3 is 1.61 bits per heavy atom. The van der Waals surface area contributed by atoms with Crippen LogP contribution in [0.2, 0.25) is 0 Å². The molecule has 3 N–H and O–H groups in total. The summed E-state index contributed by atoms with van der Waals surface area (Å²) in [7, 11) is 2.32. The molecule has 1 heterocycles. The zero-order valence-electron chi connectivity index (χ0n) is 19.5. The number of halogens is 6. The largest absolute Gasteiger partial charge is 0.493 e. The van der Waals surface area contributed by atoms with Crippen LogP contribution in [-0.2, 0) is 19.1 Å². The third kappa shape index (κ3) is 4.91. The van der Waals surface area contributed by atoms with Crippen molar-refractivity contribution in [3.63, 3.8) is 0 Å². The van der Waals surface area contributed by atoms with E-state index in [1.807, 2.05) is 0 Å². The Labute approximate surface area is 201 Å². The van der Waals surface area contributed by atoms with Gasteiger partial charge in [0, 0.05) is 5.92 Å². The lowest BCUT2D eigenvalue weighted by Crippen LogP contribution is -2.81. The summed E-state index contributed by atoms with van der Waals surface area (Å²) in [6, 6.07) is 2.98. The van der Waals surface area contributed by atoms with Gasteiger partial charge in [0.05, 0.1) is 27.4 Å². The summed E-state index contributed by atoms with van der Waals surface area (Å²) in [5.74, 6) is -12.1. The summed E-state index contributed by atoms with van der Waals surface area (Å²) in [5.41, 5.74) is -9.93. The van der Waals surface area contributed by atoms with Gasteiger partial charge < -0.3 is 29.2 Å². The molecule has 1 aliphatic heterocycles. The fourth-order valence-electron chi connectivity index (χ4n) is 4.20. The quantitative estimate of drug-likeness (QED) is 0.358. The number of esters is 2. The molecule has 1 unspecified atom stereocenters. The Morgan fingerprint density at radius 1 is 0.861 bits per heavy atom. The van der Waals surface area contributed by atoms with Gasteiger partial charge in [-0.3, -0.25) is 9.59 Å². The number of hydrogen-bond acceptors (Lipinski definition) is 9. The maximum atomic E-state index is 14.2. The van der Waals surface area contributed by atoms with E-state index < -0.39 is 72.3 Å². The third-order valence-corrected chi connectivity index (χ3v) is 5.74. The van der Waals surface area contributed by atoms with Crippen LogP contribution in [0.4, 0.5) is 26.3 Å². The lowest BCUT2D eigenvalue weighted by molar-refractivity contribution is -0.376. The Morgan fingerprint density at radius 2 is 1.28 bits per heavy atom. The number of nitrogens with one attached hydrogen (secondary N) is 1. The Kier molecular flexibility index (Phi) is 8.43. The van der Waals surface area contributed by atoms with Gasteiger partial charge in [-0.25, -0.2) is 5.32 Å². The topological polar surface area (TPSA) is 124 Å². The summed E-state index contributed by atoms with van der Waals surface area (Å²) in [5, 5.41) is 22.0. The van der Waals surface area contributed by atoms with E-state index in [1.165, 1.54) is 21.0 Å². The number of carbonyl (C=O) groups excluding carboxylic acids is 2. The molecule has 1 aromatic rings. The molecule has 1 fully saturated rings. The van der Waals surface area contributed by atoms with Crippen LogP contribution in [0.1, 0.15) is 25.3 Å². The molecule has 0 bridgehead atoms. The van der Waals surface area contributed by atoms with E-state index in [-0.39, 0.29) is 11.5 Å². The Hall–Kier alpha value is -2.78. The van der Waals surface area contributed by atoms with Crippen LogP contribution in [0.5, 0.6) is 11.5 Å². The van der Waals surface area contributed by atoms with E-state index >= 15 is 0 Å². The smallest absolute Gasteiger partial charge is 0.432 e. The van der Waals surface area contributed by atoms with Crippen LogP contribution < -0.4 is 14.8 Å². The summed E-state index contributed by atoms with van der Waals surface area (Å²) in [4.78, 5) is 25.6. The number of ether oxygens (including phenoxy) is 4. The van der Waals surface area contributed by atoms with Gasteiger partial charge in [0.15, 0.2) is 11.5 Å². The molecule has 0 spiro atoms. The maximum Gasteiger partial charge on any atom is 0.432 e. The van der Waals surface area contributed by atoms with Gasteiger partial charge in [-0.05, 0) is 31.5 Å². The predicted octanol–water partition coefficient (Wildman–Crippen LogP) is 2.25. The summed E-state index contributed by atoms with van der Waals surface area (Å²) < 4.78 is 104. The number of hydrogen-bond donors (Lipinski definition) is 3. The van der Waals surface area contributed by atoms with Crippen LogP contribution in [0.3, 0.4) is 0 Å². The van der Waals surface area contributed by atoms with Gasteiger partial charge in [0.2, 0.25) is 11.4 Å². The third-order valence-electron chi connectivity index (χ3n) is 5.74. The highest BCUT2D eigenvalue weighted by molar-refractivity contribution is 5.81. The number of methoxy groups -OCH3 is 2. The van der Waals surface area contributed by atoms with Crippen molar-refractivity contribution in [2.24, 2.45) is 11.8 Å². The molecule has 36 heavy (non-hydrogen) atoms. The molecule has 9 nitrogen and oxygen atoms in total. The van der Waals surface area contributed by atoms with Crippen molar-refractivity contribution in [2.75, 3.05) is 27.4 Å². The maximum absolute atomic E-state index is 14.2. The second-order valence-electron chi connectivity index (χ2n) is 7.75. The molecular weight excluding hydrogens is 508 g/mol. The molecule has 0 aromatic heterocycles. The number of piperidine rings is 1. The molecule has 5 atom stereocenters. The molecule has 15 heteroatoms. The van der Waals surface area contributed by atoms with Crippen LogP contribution in [0, 0.1) is 11.8 Å². The van der Waals surface area contributed by atoms with E-state index in [0.717, 1.165) is 30.6 Å². The molecule has 0 aliphatic carbocycles. The number of carbonyl (C=O) groups is 2. The molecule has 1 aromatic carbocycles. The van der Waals surface area contributed by atoms with Crippen molar-refractivity contribution in [2.45, 2.75) is 43.6 Å². The molecular formula is C21H25F6NO8. The zero-order chi connectivity index (χ0) is 27.7. The molecule has 204 valence electrons. The highest BCUT2D eigenvalue weighted by Crippen LogP contribution is 2.56. The lowest BCUT2D eigenvalue weighted by Gasteiger charge is -2.54. The molecule has 2 rings (SSSR count). The van der Waals surface area contributed by atoms with E-state index in [9.17, 15) is 46.1 Å². The molecule has 0 saturated carbocycles. The SMILES string of the molecule is CCOC(=O)[C@H]1C(c2ccc(OC)c(OC)c2)[C@H](C(=O)OCC)[C@](O)(C(F)(F)F)N[C@]1(O)C(F)(F)F.